The molecule has 0 spiro atoms. The van der Waals surface area contributed by atoms with Crippen molar-refractivity contribution >= 4 is 40.4 Å². The standard InChI is InChI=1S/C27H25ClN2O3/c1-4-15-33-21-8-5-7-20(16-21)29-25-24(19-13-11-17(2)12-14-19)26(31)30(27(25)32)23-10-6-9-22(28)18(23)3/h5-14,16,29H,4,15H2,1-3H3. The van der Waals surface area contributed by atoms with Crippen LogP contribution in [-0.4, -0.2) is 18.4 Å². The molecule has 168 valence electrons. The van der Waals surface area contributed by atoms with Crippen LogP contribution in [-0.2, 0) is 9.59 Å². The zero-order chi connectivity index (χ0) is 23.5. The Labute approximate surface area is 198 Å². The van der Waals surface area contributed by atoms with Crippen LogP contribution in [0.25, 0.3) is 5.57 Å². The molecule has 33 heavy (non-hydrogen) atoms. The Bertz CT molecular complexity index is 1250. The zero-order valence-corrected chi connectivity index (χ0v) is 19.6. The van der Waals surface area contributed by atoms with Gasteiger partial charge >= 0.3 is 0 Å². The Morgan fingerprint density at radius 2 is 1.67 bits per heavy atom. The summed E-state index contributed by atoms with van der Waals surface area (Å²) in [5, 5.41) is 3.68. The molecule has 0 bridgehead atoms. The molecule has 0 aromatic heterocycles. The van der Waals surface area contributed by atoms with Gasteiger partial charge in [0.2, 0.25) is 0 Å². The van der Waals surface area contributed by atoms with Crippen molar-refractivity contribution in [1.82, 2.24) is 0 Å². The number of halogens is 1. The summed E-state index contributed by atoms with van der Waals surface area (Å²) in [7, 11) is 0. The van der Waals surface area contributed by atoms with Crippen LogP contribution in [0.15, 0.2) is 72.4 Å². The Morgan fingerprint density at radius 1 is 0.939 bits per heavy atom. The summed E-state index contributed by atoms with van der Waals surface area (Å²) in [6.07, 6.45) is 0.890. The van der Waals surface area contributed by atoms with Crippen molar-refractivity contribution in [2.75, 3.05) is 16.8 Å². The van der Waals surface area contributed by atoms with Crippen LogP contribution in [0, 0.1) is 13.8 Å². The molecule has 1 aliphatic heterocycles. The maximum absolute atomic E-state index is 13.6. The molecule has 0 radical (unpaired) electrons. The van der Waals surface area contributed by atoms with Gasteiger partial charge in [-0.25, -0.2) is 4.90 Å². The number of aryl methyl sites for hydroxylation is 1. The molecular weight excluding hydrogens is 436 g/mol. The number of anilines is 2. The van der Waals surface area contributed by atoms with Gasteiger partial charge in [0.15, 0.2) is 0 Å². The maximum Gasteiger partial charge on any atom is 0.282 e. The Morgan fingerprint density at radius 3 is 2.39 bits per heavy atom. The Kier molecular flexibility index (Phi) is 6.52. The highest BCUT2D eigenvalue weighted by Crippen LogP contribution is 2.37. The number of ether oxygens (including phenoxy) is 1. The fourth-order valence-electron chi connectivity index (χ4n) is 3.72. The predicted molar refractivity (Wildman–Crippen MR) is 133 cm³/mol. The van der Waals surface area contributed by atoms with Crippen LogP contribution in [0.1, 0.15) is 30.0 Å². The second-order valence-electron chi connectivity index (χ2n) is 7.95. The SMILES string of the molecule is CCCOc1cccc(NC2=C(c3ccc(C)cc3)C(=O)N(c3cccc(Cl)c3C)C2=O)c1. The van der Waals surface area contributed by atoms with Gasteiger partial charge in [-0.3, -0.25) is 9.59 Å². The highest BCUT2D eigenvalue weighted by molar-refractivity contribution is 6.46. The molecule has 5 nitrogen and oxygen atoms in total. The summed E-state index contributed by atoms with van der Waals surface area (Å²) >= 11 is 6.29. The molecule has 1 heterocycles. The number of benzene rings is 3. The first kappa shape index (κ1) is 22.6. The normalized spacial score (nSPS) is 13.6. The van der Waals surface area contributed by atoms with E-state index in [-0.39, 0.29) is 5.70 Å². The van der Waals surface area contributed by atoms with Crippen molar-refractivity contribution < 1.29 is 14.3 Å². The summed E-state index contributed by atoms with van der Waals surface area (Å²) in [5.74, 6) is -0.130. The summed E-state index contributed by atoms with van der Waals surface area (Å²) in [5.41, 5.74) is 4.07. The molecule has 0 fully saturated rings. The lowest BCUT2D eigenvalue weighted by molar-refractivity contribution is -0.120. The maximum atomic E-state index is 13.6. The number of hydrogen-bond donors (Lipinski definition) is 1. The molecule has 0 atom stereocenters. The van der Waals surface area contributed by atoms with E-state index in [0.29, 0.717) is 45.5 Å². The molecule has 1 N–H and O–H groups in total. The van der Waals surface area contributed by atoms with Crippen molar-refractivity contribution in [3.05, 3.63) is 94.1 Å². The van der Waals surface area contributed by atoms with Crippen molar-refractivity contribution in [1.29, 1.82) is 0 Å². The third-order valence-electron chi connectivity index (χ3n) is 5.48. The monoisotopic (exact) mass is 460 g/mol. The van der Waals surface area contributed by atoms with Crippen LogP contribution in [0.2, 0.25) is 5.02 Å². The quantitative estimate of drug-likeness (QED) is 0.430. The number of rotatable bonds is 7. The van der Waals surface area contributed by atoms with E-state index < -0.39 is 11.8 Å². The van der Waals surface area contributed by atoms with E-state index in [1.807, 2.05) is 62.4 Å². The fourth-order valence-corrected chi connectivity index (χ4v) is 3.89. The molecule has 3 aromatic rings. The average molecular weight is 461 g/mol. The largest absolute Gasteiger partial charge is 0.494 e. The molecule has 3 aromatic carbocycles. The lowest BCUT2D eigenvalue weighted by Crippen LogP contribution is -2.33. The van der Waals surface area contributed by atoms with Crippen molar-refractivity contribution in [3.8, 4) is 5.75 Å². The summed E-state index contributed by atoms with van der Waals surface area (Å²) < 4.78 is 5.72. The lowest BCUT2D eigenvalue weighted by atomic mass is 10.0. The lowest BCUT2D eigenvalue weighted by Gasteiger charge is -2.18. The summed E-state index contributed by atoms with van der Waals surface area (Å²) in [4.78, 5) is 28.4. The van der Waals surface area contributed by atoms with Gasteiger partial charge < -0.3 is 10.1 Å². The predicted octanol–water partition coefficient (Wildman–Crippen LogP) is 6.14. The van der Waals surface area contributed by atoms with E-state index in [1.165, 1.54) is 4.90 Å². The topological polar surface area (TPSA) is 58.6 Å². The van der Waals surface area contributed by atoms with Crippen LogP contribution < -0.4 is 15.0 Å². The van der Waals surface area contributed by atoms with Crippen LogP contribution in [0.3, 0.4) is 0 Å². The number of imide groups is 1. The van der Waals surface area contributed by atoms with Gasteiger partial charge in [0.05, 0.1) is 17.9 Å². The molecule has 0 aliphatic carbocycles. The van der Waals surface area contributed by atoms with Gasteiger partial charge in [0.25, 0.3) is 11.8 Å². The van der Waals surface area contributed by atoms with Gasteiger partial charge in [-0.2, -0.15) is 0 Å². The summed E-state index contributed by atoms with van der Waals surface area (Å²) in [6.45, 7) is 6.40. The van der Waals surface area contributed by atoms with Gasteiger partial charge in [0, 0.05) is 16.8 Å². The molecule has 0 saturated carbocycles. The second-order valence-corrected chi connectivity index (χ2v) is 8.35. The molecule has 2 amide bonds. The Balaban J connectivity index is 1.79. The van der Waals surface area contributed by atoms with E-state index in [9.17, 15) is 9.59 Å². The van der Waals surface area contributed by atoms with Crippen LogP contribution in [0.4, 0.5) is 11.4 Å². The van der Waals surface area contributed by atoms with E-state index in [1.54, 1.807) is 25.1 Å². The minimum atomic E-state index is -0.430. The van der Waals surface area contributed by atoms with Gasteiger partial charge in [-0.15, -0.1) is 0 Å². The van der Waals surface area contributed by atoms with Crippen molar-refractivity contribution in [3.63, 3.8) is 0 Å². The minimum absolute atomic E-state index is 0.218. The third kappa shape index (κ3) is 4.50. The number of amides is 2. The number of hydrogen-bond acceptors (Lipinski definition) is 4. The fraction of sp³-hybridized carbons (Fsp3) is 0.185. The zero-order valence-electron chi connectivity index (χ0n) is 18.8. The first-order chi connectivity index (χ1) is 15.9. The van der Waals surface area contributed by atoms with Crippen LogP contribution >= 0.6 is 11.6 Å². The first-order valence-electron chi connectivity index (χ1n) is 10.9. The molecule has 6 heteroatoms. The highest BCUT2D eigenvalue weighted by atomic mass is 35.5. The number of nitrogens with one attached hydrogen (secondary N) is 1. The van der Waals surface area contributed by atoms with Crippen molar-refractivity contribution in [2.24, 2.45) is 0 Å². The molecular formula is C27H25ClN2O3. The van der Waals surface area contributed by atoms with Gasteiger partial charge in [-0.05, 0) is 55.7 Å². The second kappa shape index (κ2) is 9.51. The van der Waals surface area contributed by atoms with E-state index in [4.69, 9.17) is 16.3 Å². The third-order valence-corrected chi connectivity index (χ3v) is 5.89. The Hall–Kier alpha value is -3.57. The molecule has 0 unspecified atom stereocenters. The highest BCUT2D eigenvalue weighted by Gasteiger charge is 2.41. The van der Waals surface area contributed by atoms with E-state index in [0.717, 1.165) is 12.0 Å². The number of carbonyl (C=O) groups excluding carboxylic acids is 2. The number of nitrogens with zero attached hydrogens (tertiary/aromatic N) is 1. The smallest absolute Gasteiger partial charge is 0.282 e. The average Bonchev–Trinajstić information content (AvgIpc) is 3.04. The van der Waals surface area contributed by atoms with Gasteiger partial charge in [-0.1, -0.05) is 60.5 Å². The molecule has 1 aliphatic rings. The minimum Gasteiger partial charge on any atom is -0.494 e. The van der Waals surface area contributed by atoms with E-state index in [2.05, 4.69) is 5.32 Å². The number of carbonyl (C=O) groups is 2. The first-order valence-corrected chi connectivity index (χ1v) is 11.2. The van der Waals surface area contributed by atoms with Crippen LogP contribution in [0.5, 0.6) is 5.75 Å². The summed E-state index contributed by atoms with van der Waals surface area (Å²) in [6, 6.07) is 20.1. The molecule has 4 rings (SSSR count). The van der Waals surface area contributed by atoms with Crippen molar-refractivity contribution in [2.45, 2.75) is 27.2 Å². The van der Waals surface area contributed by atoms with E-state index >= 15 is 0 Å². The van der Waals surface area contributed by atoms with Gasteiger partial charge in [0.1, 0.15) is 11.4 Å². The molecule has 0 saturated heterocycles.